The quantitative estimate of drug-likeness (QED) is 0.755. The number of fused-ring (bicyclic) bond motifs is 2. The topological polar surface area (TPSA) is 20.3 Å². The molecule has 108 valence electrons. The molecule has 1 heterocycles. The van der Waals surface area contributed by atoms with Crippen molar-refractivity contribution in [3.63, 3.8) is 0 Å². The zero-order valence-electron chi connectivity index (χ0n) is 13.1. The van der Waals surface area contributed by atoms with Gasteiger partial charge in [-0.25, -0.2) is 0 Å². The van der Waals surface area contributed by atoms with E-state index < -0.39 is 0 Å². The number of hydrogen-bond acceptors (Lipinski definition) is 1. The van der Waals surface area contributed by atoms with E-state index in [2.05, 4.69) is 25.7 Å². The fourth-order valence-electron chi connectivity index (χ4n) is 4.66. The molecule has 2 fully saturated rings. The molecule has 1 aromatic carbocycles. The van der Waals surface area contributed by atoms with Crippen LogP contribution in [0, 0.1) is 17.8 Å². The molecule has 2 nitrogen and oxygen atoms in total. The van der Waals surface area contributed by atoms with Crippen molar-refractivity contribution < 1.29 is 4.79 Å². The molecule has 1 aromatic rings. The van der Waals surface area contributed by atoms with E-state index in [1.54, 1.807) is 0 Å². The summed E-state index contributed by atoms with van der Waals surface area (Å²) in [6.07, 6.45) is 3.54. The Hall–Kier alpha value is -1.31. The van der Waals surface area contributed by atoms with E-state index in [0.29, 0.717) is 16.9 Å². The van der Waals surface area contributed by atoms with Gasteiger partial charge in [0.2, 0.25) is 0 Å². The van der Waals surface area contributed by atoms with Gasteiger partial charge in [-0.1, -0.05) is 39.0 Å². The Kier molecular flexibility index (Phi) is 2.97. The van der Waals surface area contributed by atoms with Gasteiger partial charge in [0.05, 0.1) is 0 Å². The van der Waals surface area contributed by atoms with E-state index in [4.69, 9.17) is 0 Å². The van der Waals surface area contributed by atoms with Crippen LogP contribution in [0.5, 0.6) is 0 Å². The average Bonchev–Trinajstić information content (AvgIpc) is 2.58. The molecule has 1 aliphatic heterocycles. The summed E-state index contributed by atoms with van der Waals surface area (Å²) in [6.45, 7) is 10.00. The SMILES string of the molecule is Cc1ccccc1C(=O)N1CC2(C)CC1CC(C)(C)C2. The second kappa shape index (κ2) is 4.34. The predicted octanol–water partition coefficient (Wildman–Crippen LogP) is 4.04. The Morgan fingerprint density at radius 3 is 2.60 bits per heavy atom. The maximum Gasteiger partial charge on any atom is 0.254 e. The van der Waals surface area contributed by atoms with Crippen LogP contribution in [0.15, 0.2) is 24.3 Å². The first-order valence-corrected chi connectivity index (χ1v) is 7.66. The summed E-state index contributed by atoms with van der Waals surface area (Å²) in [5.74, 6) is 0.231. The lowest BCUT2D eigenvalue weighted by molar-refractivity contribution is 0.0707. The largest absolute Gasteiger partial charge is 0.335 e. The molecule has 1 saturated carbocycles. The van der Waals surface area contributed by atoms with E-state index in [9.17, 15) is 4.79 Å². The highest BCUT2D eigenvalue weighted by Gasteiger charge is 2.51. The number of aryl methyl sites for hydroxylation is 1. The summed E-state index contributed by atoms with van der Waals surface area (Å²) >= 11 is 0. The van der Waals surface area contributed by atoms with Crippen LogP contribution in [-0.2, 0) is 0 Å². The standard InChI is InChI=1S/C18H25NO/c1-13-7-5-6-8-15(13)16(20)19-12-18(4)10-14(19)9-17(2,3)11-18/h5-8,14H,9-12H2,1-4H3. The minimum atomic E-state index is 0.231. The number of carbonyl (C=O) groups is 1. The molecular formula is C18H25NO. The Balaban J connectivity index is 1.89. The maximum absolute atomic E-state index is 12.9. The minimum absolute atomic E-state index is 0.231. The van der Waals surface area contributed by atoms with E-state index >= 15 is 0 Å². The molecule has 0 aromatic heterocycles. The summed E-state index contributed by atoms with van der Waals surface area (Å²) < 4.78 is 0. The molecule has 2 unspecified atom stereocenters. The lowest BCUT2D eigenvalue weighted by Crippen LogP contribution is -2.38. The maximum atomic E-state index is 12.9. The van der Waals surface area contributed by atoms with E-state index in [1.165, 1.54) is 12.8 Å². The number of benzene rings is 1. The van der Waals surface area contributed by atoms with Crippen LogP contribution in [0.4, 0.5) is 0 Å². The summed E-state index contributed by atoms with van der Waals surface area (Å²) in [5, 5.41) is 0. The average molecular weight is 271 g/mol. The van der Waals surface area contributed by atoms with Crippen molar-refractivity contribution in [1.82, 2.24) is 4.90 Å². The smallest absolute Gasteiger partial charge is 0.254 e. The molecule has 1 saturated heterocycles. The highest BCUT2D eigenvalue weighted by atomic mass is 16.2. The summed E-state index contributed by atoms with van der Waals surface area (Å²) in [7, 11) is 0. The fourth-order valence-corrected chi connectivity index (χ4v) is 4.66. The van der Waals surface area contributed by atoms with Crippen molar-refractivity contribution in [1.29, 1.82) is 0 Å². The highest BCUT2D eigenvalue weighted by molar-refractivity contribution is 5.96. The van der Waals surface area contributed by atoms with Crippen molar-refractivity contribution >= 4 is 5.91 Å². The Morgan fingerprint density at radius 2 is 1.90 bits per heavy atom. The van der Waals surface area contributed by atoms with Crippen molar-refractivity contribution in [2.24, 2.45) is 10.8 Å². The molecule has 0 radical (unpaired) electrons. The van der Waals surface area contributed by atoms with Crippen LogP contribution in [0.3, 0.4) is 0 Å². The van der Waals surface area contributed by atoms with Gasteiger partial charge in [0.1, 0.15) is 0 Å². The number of hydrogen-bond donors (Lipinski definition) is 0. The molecule has 2 aliphatic rings. The Bertz CT molecular complexity index is 548. The fraction of sp³-hybridized carbons (Fsp3) is 0.611. The molecule has 0 N–H and O–H groups in total. The number of likely N-dealkylation sites (tertiary alicyclic amines) is 1. The first kappa shape index (κ1) is 13.7. The first-order valence-electron chi connectivity index (χ1n) is 7.66. The monoisotopic (exact) mass is 271 g/mol. The summed E-state index contributed by atoms with van der Waals surface area (Å²) in [5.41, 5.74) is 2.63. The molecule has 0 spiro atoms. The number of rotatable bonds is 1. The van der Waals surface area contributed by atoms with Gasteiger partial charge in [-0.2, -0.15) is 0 Å². The third-order valence-electron chi connectivity index (χ3n) is 5.05. The zero-order chi connectivity index (χ0) is 14.5. The van der Waals surface area contributed by atoms with Crippen LogP contribution in [0.1, 0.15) is 56.0 Å². The third kappa shape index (κ3) is 2.25. The predicted molar refractivity (Wildman–Crippen MR) is 81.7 cm³/mol. The van der Waals surface area contributed by atoms with Gasteiger partial charge < -0.3 is 4.90 Å². The van der Waals surface area contributed by atoms with Gasteiger partial charge in [-0.05, 0) is 48.6 Å². The van der Waals surface area contributed by atoms with E-state index in [-0.39, 0.29) is 5.91 Å². The second-order valence-electron chi connectivity index (χ2n) is 7.96. The van der Waals surface area contributed by atoms with E-state index in [1.807, 2.05) is 31.2 Å². The van der Waals surface area contributed by atoms with Crippen LogP contribution in [0.25, 0.3) is 0 Å². The lowest BCUT2D eigenvalue weighted by atomic mass is 9.65. The molecule has 2 atom stereocenters. The van der Waals surface area contributed by atoms with Gasteiger partial charge in [-0.3, -0.25) is 4.79 Å². The highest BCUT2D eigenvalue weighted by Crippen LogP contribution is 2.52. The summed E-state index contributed by atoms with van der Waals surface area (Å²) in [4.78, 5) is 15.0. The Labute approximate surface area is 122 Å². The van der Waals surface area contributed by atoms with Gasteiger partial charge in [0, 0.05) is 18.2 Å². The second-order valence-corrected chi connectivity index (χ2v) is 7.96. The van der Waals surface area contributed by atoms with Crippen molar-refractivity contribution in [3.8, 4) is 0 Å². The van der Waals surface area contributed by atoms with Crippen molar-refractivity contribution in [3.05, 3.63) is 35.4 Å². The molecular weight excluding hydrogens is 246 g/mol. The van der Waals surface area contributed by atoms with Gasteiger partial charge in [-0.15, -0.1) is 0 Å². The normalized spacial score (nSPS) is 31.4. The third-order valence-corrected chi connectivity index (χ3v) is 5.05. The summed E-state index contributed by atoms with van der Waals surface area (Å²) in [6, 6.07) is 8.39. The van der Waals surface area contributed by atoms with Crippen LogP contribution < -0.4 is 0 Å². The molecule has 2 heteroatoms. The van der Waals surface area contributed by atoms with Crippen molar-refractivity contribution in [2.75, 3.05) is 6.54 Å². The number of carbonyl (C=O) groups excluding carboxylic acids is 1. The number of amides is 1. The van der Waals surface area contributed by atoms with Crippen LogP contribution in [0.2, 0.25) is 0 Å². The Morgan fingerprint density at radius 1 is 1.20 bits per heavy atom. The molecule has 2 bridgehead atoms. The molecule has 20 heavy (non-hydrogen) atoms. The van der Waals surface area contributed by atoms with E-state index in [0.717, 1.165) is 24.1 Å². The van der Waals surface area contributed by atoms with Gasteiger partial charge >= 0.3 is 0 Å². The molecule has 1 aliphatic carbocycles. The zero-order valence-corrected chi connectivity index (χ0v) is 13.1. The van der Waals surface area contributed by atoms with Crippen LogP contribution >= 0.6 is 0 Å². The van der Waals surface area contributed by atoms with Gasteiger partial charge in [0.15, 0.2) is 0 Å². The lowest BCUT2D eigenvalue weighted by Gasteiger charge is -2.39. The first-order chi connectivity index (χ1) is 9.30. The molecule has 3 rings (SSSR count). The van der Waals surface area contributed by atoms with Gasteiger partial charge in [0.25, 0.3) is 5.91 Å². The number of nitrogens with zero attached hydrogens (tertiary/aromatic N) is 1. The molecule has 1 amide bonds. The van der Waals surface area contributed by atoms with Crippen LogP contribution in [-0.4, -0.2) is 23.4 Å². The minimum Gasteiger partial charge on any atom is -0.335 e. The van der Waals surface area contributed by atoms with Crippen molar-refractivity contribution in [2.45, 2.75) is 53.0 Å².